The van der Waals surface area contributed by atoms with E-state index in [-0.39, 0.29) is 5.75 Å². The van der Waals surface area contributed by atoms with Crippen LogP contribution < -0.4 is 0 Å². The monoisotopic (exact) mass is 323 g/mol. The van der Waals surface area contributed by atoms with E-state index < -0.39 is 9.84 Å². The Balaban J connectivity index is 2.23. The Bertz CT molecular complexity index is 709. The van der Waals surface area contributed by atoms with Gasteiger partial charge in [-0.2, -0.15) is 0 Å². The number of allylic oxidation sites excluding steroid dienone is 1. The third-order valence-electron chi connectivity index (χ3n) is 2.75. The summed E-state index contributed by atoms with van der Waals surface area (Å²) in [6.07, 6.45) is 3.01. The van der Waals surface area contributed by atoms with Gasteiger partial charge in [0.15, 0.2) is 11.0 Å². The first kappa shape index (κ1) is 15.8. The molecular formula is C14H17N3O2S2. The number of sulfone groups is 1. The molecule has 0 amide bonds. The van der Waals surface area contributed by atoms with Crippen LogP contribution in [0.3, 0.4) is 0 Å². The summed E-state index contributed by atoms with van der Waals surface area (Å²) in [5.41, 5.74) is 0.974. The summed E-state index contributed by atoms with van der Waals surface area (Å²) < 4.78 is 24.3. The van der Waals surface area contributed by atoms with Gasteiger partial charge in [-0.05, 0) is 0 Å². The van der Waals surface area contributed by atoms with Gasteiger partial charge < -0.3 is 0 Å². The number of hydrogen-bond donors (Lipinski definition) is 0. The number of hydrogen-bond acceptors (Lipinski definition) is 5. The van der Waals surface area contributed by atoms with Gasteiger partial charge in [0.1, 0.15) is 9.84 Å². The molecule has 0 saturated carbocycles. The molecule has 0 N–H and O–H groups in total. The van der Waals surface area contributed by atoms with Gasteiger partial charge in [0.25, 0.3) is 0 Å². The van der Waals surface area contributed by atoms with Gasteiger partial charge in [-0.25, -0.2) is 8.42 Å². The van der Waals surface area contributed by atoms with Crippen molar-refractivity contribution in [2.75, 3.05) is 17.8 Å². The maximum Gasteiger partial charge on any atom is 0.191 e. The molecular weight excluding hydrogens is 306 g/mol. The van der Waals surface area contributed by atoms with Crippen LogP contribution in [0, 0.1) is 0 Å². The normalized spacial score (nSPS) is 11.5. The molecule has 112 valence electrons. The fourth-order valence-electron chi connectivity index (χ4n) is 1.77. The Morgan fingerprint density at radius 2 is 2.00 bits per heavy atom. The van der Waals surface area contributed by atoms with Gasteiger partial charge in [0, 0.05) is 24.1 Å². The SMILES string of the molecule is C=CCn1c(SCCS(C)(=O)=O)nnc1-c1ccccc1. The second kappa shape index (κ2) is 6.91. The predicted molar refractivity (Wildman–Crippen MR) is 86.1 cm³/mol. The number of benzene rings is 1. The zero-order valence-corrected chi connectivity index (χ0v) is 13.4. The number of aromatic nitrogens is 3. The van der Waals surface area contributed by atoms with Crippen molar-refractivity contribution in [3.8, 4) is 11.4 Å². The molecule has 0 aliphatic rings. The lowest BCUT2D eigenvalue weighted by atomic mass is 10.2. The van der Waals surface area contributed by atoms with E-state index in [0.717, 1.165) is 11.4 Å². The molecule has 0 saturated heterocycles. The molecule has 1 heterocycles. The maximum atomic E-state index is 11.2. The highest BCUT2D eigenvalue weighted by molar-refractivity contribution is 8.00. The number of rotatable bonds is 7. The molecule has 0 aliphatic heterocycles. The molecule has 2 rings (SSSR count). The van der Waals surface area contributed by atoms with Gasteiger partial charge >= 0.3 is 0 Å². The maximum absolute atomic E-state index is 11.2. The molecule has 0 bridgehead atoms. The van der Waals surface area contributed by atoms with E-state index in [1.807, 2.05) is 34.9 Å². The second-order valence-corrected chi connectivity index (χ2v) is 7.87. The van der Waals surface area contributed by atoms with Crippen LogP contribution in [-0.2, 0) is 16.4 Å². The fourth-order valence-corrected chi connectivity index (χ4v) is 3.92. The van der Waals surface area contributed by atoms with E-state index in [1.54, 1.807) is 6.08 Å². The highest BCUT2D eigenvalue weighted by Crippen LogP contribution is 2.23. The van der Waals surface area contributed by atoms with Gasteiger partial charge in [0.05, 0.1) is 5.75 Å². The van der Waals surface area contributed by atoms with Crippen LogP contribution in [0.4, 0.5) is 0 Å². The fraction of sp³-hybridized carbons (Fsp3) is 0.286. The first-order chi connectivity index (χ1) is 10.0. The van der Waals surface area contributed by atoms with E-state index in [0.29, 0.717) is 17.5 Å². The highest BCUT2D eigenvalue weighted by atomic mass is 32.2. The molecule has 7 heteroatoms. The molecule has 1 aromatic carbocycles. The molecule has 2 aromatic rings. The van der Waals surface area contributed by atoms with Crippen LogP contribution in [0.1, 0.15) is 0 Å². The zero-order chi connectivity index (χ0) is 15.3. The average Bonchev–Trinajstić information content (AvgIpc) is 2.82. The molecule has 0 spiro atoms. The van der Waals surface area contributed by atoms with E-state index in [9.17, 15) is 8.42 Å². The summed E-state index contributed by atoms with van der Waals surface area (Å²) in [6, 6.07) is 9.76. The molecule has 1 aromatic heterocycles. The molecule has 0 atom stereocenters. The van der Waals surface area contributed by atoms with Gasteiger partial charge in [-0.3, -0.25) is 4.57 Å². The minimum Gasteiger partial charge on any atom is -0.298 e. The molecule has 0 fully saturated rings. The van der Waals surface area contributed by atoms with Crippen molar-refractivity contribution in [2.24, 2.45) is 0 Å². The largest absolute Gasteiger partial charge is 0.298 e. The van der Waals surface area contributed by atoms with Crippen molar-refractivity contribution in [1.29, 1.82) is 0 Å². The van der Waals surface area contributed by atoms with E-state index in [1.165, 1.54) is 18.0 Å². The van der Waals surface area contributed by atoms with Gasteiger partial charge in [-0.1, -0.05) is 48.2 Å². The third-order valence-corrected chi connectivity index (χ3v) is 4.92. The first-order valence-electron chi connectivity index (χ1n) is 6.41. The smallest absolute Gasteiger partial charge is 0.191 e. The van der Waals surface area contributed by atoms with E-state index in [4.69, 9.17) is 0 Å². The van der Waals surface area contributed by atoms with Crippen LogP contribution >= 0.6 is 11.8 Å². The second-order valence-electron chi connectivity index (χ2n) is 4.55. The van der Waals surface area contributed by atoms with Crippen molar-refractivity contribution in [3.05, 3.63) is 43.0 Å². The van der Waals surface area contributed by atoms with Crippen molar-refractivity contribution in [1.82, 2.24) is 14.8 Å². The van der Waals surface area contributed by atoms with Gasteiger partial charge in [-0.15, -0.1) is 16.8 Å². The van der Waals surface area contributed by atoms with Crippen molar-refractivity contribution in [2.45, 2.75) is 11.7 Å². The predicted octanol–water partition coefficient (Wildman–Crippen LogP) is 2.27. The van der Waals surface area contributed by atoms with Crippen LogP contribution in [0.2, 0.25) is 0 Å². The van der Waals surface area contributed by atoms with E-state index in [2.05, 4.69) is 16.8 Å². The number of nitrogens with zero attached hydrogens (tertiary/aromatic N) is 3. The van der Waals surface area contributed by atoms with Crippen LogP contribution in [0.5, 0.6) is 0 Å². The van der Waals surface area contributed by atoms with E-state index >= 15 is 0 Å². The first-order valence-corrected chi connectivity index (χ1v) is 9.46. The van der Waals surface area contributed by atoms with Crippen LogP contribution in [0.25, 0.3) is 11.4 Å². The summed E-state index contributed by atoms with van der Waals surface area (Å²) >= 11 is 1.39. The molecule has 0 unspecified atom stereocenters. The Kier molecular flexibility index (Phi) is 5.19. The summed E-state index contributed by atoms with van der Waals surface area (Å²) in [5.74, 6) is 1.35. The topological polar surface area (TPSA) is 64.8 Å². The molecule has 0 aliphatic carbocycles. The number of thioether (sulfide) groups is 1. The quantitative estimate of drug-likeness (QED) is 0.578. The van der Waals surface area contributed by atoms with Crippen LogP contribution in [-0.4, -0.2) is 40.9 Å². The van der Waals surface area contributed by atoms with Crippen molar-refractivity contribution >= 4 is 21.6 Å². The Morgan fingerprint density at radius 3 is 2.62 bits per heavy atom. The summed E-state index contributed by atoms with van der Waals surface area (Å²) in [5, 5.41) is 9.08. The average molecular weight is 323 g/mol. The Labute approximate surface area is 129 Å². The highest BCUT2D eigenvalue weighted by Gasteiger charge is 2.13. The van der Waals surface area contributed by atoms with Crippen molar-refractivity contribution < 1.29 is 8.42 Å². The lowest BCUT2D eigenvalue weighted by Gasteiger charge is -2.07. The lowest BCUT2D eigenvalue weighted by Crippen LogP contribution is -2.06. The minimum atomic E-state index is -2.96. The van der Waals surface area contributed by atoms with Gasteiger partial charge in [0.2, 0.25) is 0 Å². The van der Waals surface area contributed by atoms with Crippen molar-refractivity contribution in [3.63, 3.8) is 0 Å². The standard InChI is InChI=1S/C14H17N3O2S2/c1-3-9-17-13(12-7-5-4-6-8-12)15-16-14(17)20-10-11-21(2,18)19/h3-8H,1,9-11H2,2H3. The summed E-state index contributed by atoms with van der Waals surface area (Å²) in [4.78, 5) is 0. The Morgan fingerprint density at radius 1 is 1.29 bits per heavy atom. The minimum absolute atomic E-state index is 0.124. The summed E-state index contributed by atoms with van der Waals surface area (Å²) in [6.45, 7) is 4.33. The van der Waals surface area contributed by atoms with Crippen LogP contribution in [0.15, 0.2) is 48.1 Å². The summed E-state index contributed by atoms with van der Waals surface area (Å²) in [7, 11) is -2.96. The molecule has 21 heavy (non-hydrogen) atoms. The Hall–Kier alpha value is -1.60. The third kappa shape index (κ3) is 4.44. The molecule has 5 nitrogen and oxygen atoms in total. The lowest BCUT2D eigenvalue weighted by molar-refractivity contribution is 0.603. The zero-order valence-electron chi connectivity index (χ0n) is 11.8. The molecule has 0 radical (unpaired) electrons.